The van der Waals surface area contributed by atoms with Crippen molar-refractivity contribution in [2.24, 2.45) is 5.73 Å². The van der Waals surface area contributed by atoms with Crippen molar-refractivity contribution in [1.29, 1.82) is 0 Å². The monoisotopic (exact) mass is 387 g/mol. The number of thiophene rings is 1. The Kier molecular flexibility index (Phi) is 3.81. The zero-order valence-electron chi connectivity index (χ0n) is 13.7. The van der Waals surface area contributed by atoms with Gasteiger partial charge in [0.05, 0.1) is 16.9 Å². The fourth-order valence-electron chi connectivity index (χ4n) is 3.02. The van der Waals surface area contributed by atoms with Crippen molar-refractivity contribution < 1.29 is 18.0 Å². The predicted octanol–water partition coefficient (Wildman–Crippen LogP) is 4.82. The molecule has 0 spiro atoms. The minimum Gasteiger partial charge on any atom is -0.397 e. The van der Waals surface area contributed by atoms with E-state index in [1.807, 2.05) is 30.3 Å². The van der Waals surface area contributed by atoms with E-state index in [9.17, 15) is 18.0 Å². The van der Waals surface area contributed by atoms with E-state index in [2.05, 4.69) is 4.98 Å². The standard InChI is InChI=1S/C19H12F3N3OS/c20-19(21,22)12-8-13(11-6-5-9-3-1-2-4-10(9)7-11)25-18-14(12)15(23)16(27-18)17(24)26/h1-8H,23H2,(H2,24,26). The minimum absolute atomic E-state index is 0.0271. The van der Waals surface area contributed by atoms with E-state index in [1.165, 1.54) is 0 Å². The highest BCUT2D eigenvalue weighted by Gasteiger charge is 2.36. The lowest BCUT2D eigenvalue weighted by Crippen LogP contribution is -2.11. The molecule has 0 unspecified atom stereocenters. The van der Waals surface area contributed by atoms with Crippen LogP contribution >= 0.6 is 11.3 Å². The zero-order valence-corrected chi connectivity index (χ0v) is 14.5. The van der Waals surface area contributed by atoms with Gasteiger partial charge in [-0.3, -0.25) is 4.79 Å². The van der Waals surface area contributed by atoms with Crippen LogP contribution in [0.25, 0.3) is 32.2 Å². The van der Waals surface area contributed by atoms with Crippen LogP contribution in [0.2, 0.25) is 0 Å². The van der Waals surface area contributed by atoms with E-state index >= 15 is 0 Å². The summed E-state index contributed by atoms with van der Waals surface area (Å²) in [5.74, 6) is -0.879. The van der Waals surface area contributed by atoms with Gasteiger partial charge in [0.25, 0.3) is 5.91 Å². The Morgan fingerprint density at radius 1 is 1.04 bits per heavy atom. The largest absolute Gasteiger partial charge is 0.417 e. The zero-order chi connectivity index (χ0) is 19.3. The number of amides is 1. The highest BCUT2D eigenvalue weighted by atomic mass is 32.1. The van der Waals surface area contributed by atoms with Gasteiger partial charge in [0.2, 0.25) is 0 Å². The second-order valence-corrected chi connectivity index (χ2v) is 7.00. The number of carbonyl (C=O) groups is 1. The first kappa shape index (κ1) is 17.3. The lowest BCUT2D eigenvalue weighted by atomic mass is 10.0. The predicted molar refractivity (Wildman–Crippen MR) is 100 cm³/mol. The molecule has 2 heterocycles. The molecule has 2 aromatic heterocycles. The van der Waals surface area contributed by atoms with Crippen LogP contribution < -0.4 is 11.5 Å². The van der Waals surface area contributed by atoms with Crippen LogP contribution in [0, 0.1) is 0 Å². The molecule has 4 aromatic rings. The molecule has 0 atom stereocenters. The maximum Gasteiger partial charge on any atom is 0.417 e. The number of halogens is 3. The van der Waals surface area contributed by atoms with Gasteiger partial charge >= 0.3 is 6.18 Å². The number of rotatable bonds is 2. The molecule has 1 amide bonds. The quantitative estimate of drug-likeness (QED) is 0.517. The van der Waals surface area contributed by atoms with Gasteiger partial charge in [0.1, 0.15) is 9.71 Å². The number of hydrogen-bond donors (Lipinski definition) is 2. The summed E-state index contributed by atoms with van der Waals surface area (Å²) in [5, 5.41) is 1.56. The van der Waals surface area contributed by atoms with Gasteiger partial charge in [-0.1, -0.05) is 36.4 Å². The Balaban J connectivity index is 2.02. The average molecular weight is 387 g/mol. The number of nitrogens with zero attached hydrogens (tertiary/aromatic N) is 1. The second-order valence-electron chi connectivity index (χ2n) is 6.00. The van der Waals surface area contributed by atoms with Gasteiger partial charge in [-0.2, -0.15) is 13.2 Å². The summed E-state index contributed by atoms with van der Waals surface area (Å²) < 4.78 is 41.0. The number of fused-ring (bicyclic) bond motifs is 2. The molecule has 4 nitrogen and oxygen atoms in total. The first-order valence-corrected chi connectivity index (χ1v) is 8.66. The Labute approximate surface area is 155 Å². The normalized spacial score (nSPS) is 12.0. The summed E-state index contributed by atoms with van der Waals surface area (Å²) in [6.45, 7) is 0. The number of benzene rings is 2. The molecule has 8 heteroatoms. The summed E-state index contributed by atoms with van der Waals surface area (Å²) in [6, 6.07) is 13.8. The van der Waals surface area contributed by atoms with Crippen molar-refractivity contribution in [2.45, 2.75) is 6.18 Å². The molecule has 4 N–H and O–H groups in total. The van der Waals surface area contributed by atoms with E-state index in [0.717, 1.165) is 28.2 Å². The average Bonchev–Trinajstić information content (AvgIpc) is 2.97. The lowest BCUT2D eigenvalue weighted by Gasteiger charge is -2.11. The van der Waals surface area contributed by atoms with Crippen molar-refractivity contribution >= 4 is 43.9 Å². The third kappa shape index (κ3) is 2.87. The minimum atomic E-state index is -4.66. The summed E-state index contributed by atoms with van der Waals surface area (Å²) in [7, 11) is 0. The van der Waals surface area contributed by atoms with Crippen molar-refractivity contribution in [3.63, 3.8) is 0 Å². The highest BCUT2D eigenvalue weighted by Crippen LogP contribution is 2.43. The van der Waals surface area contributed by atoms with Crippen LogP contribution in [0.5, 0.6) is 0 Å². The summed E-state index contributed by atoms with van der Waals surface area (Å²) in [4.78, 5) is 15.7. The maximum absolute atomic E-state index is 13.7. The molecule has 4 rings (SSSR count). The topological polar surface area (TPSA) is 82.0 Å². The van der Waals surface area contributed by atoms with Gasteiger partial charge < -0.3 is 11.5 Å². The smallest absolute Gasteiger partial charge is 0.397 e. The summed E-state index contributed by atoms with van der Waals surface area (Å²) in [6.07, 6.45) is -4.66. The number of carbonyl (C=O) groups excluding carboxylic acids is 1. The Morgan fingerprint density at radius 2 is 1.74 bits per heavy atom. The van der Waals surface area contributed by atoms with Crippen molar-refractivity contribution in [2.75, 3.05) is 5.73 Å². The maximum atomic E-state index is 13.7. The van der Waals surface area contributed by atoms with E-state index < -0.39 is 17.6 Å². The van der Waals surface area contributed by atoms with Crippen LogP contribution in [0.1, 0.15) is 15.2 Å². The van der Waals surface area contributed by atoms with E-state index in [1.54, 1.807) is 12.1 Å². The van der Waals surface area contributed by atoms with Gasteiger partial charge in [-0.15, -0.1) is 11.3 Å². The number of nitrogen functional groups attached to an aromatic ring is 1. The third-order valence-corrected chi connectivity index (χ3v) is 5.39. The number of alkyl halides is 3. The molecular formula is C19H12F3N3OS. The fraction of sp³-hybridized carbons (Fsp3) is 0.0526. The molecule has 0 aliphatic rings. The fourth-order valence-corrected chi connectivity index (χ4v) is 4.00. The Bertz CT molecular complexity index is 1210. The first-order valence-electron chi connectivity index (χ1n) is 7.85. The highest BCUT2D eigenvalue weighted by molar-refractivity contribution is 7.21. The van der Waals surface area contributed by atoms with Crippen molar-refractivity contribution in [3.05, 3.63) is 59.0 Å². The SMILES string of the molecule is NC(=O)c1sc2nc(-c3ccc4ccccc4c3)cc(C(F)(F)F)c2c1N. The van der Waals surface area contributed by atoms with Gasteiger partial charge in [-0.05, 0) is 22.9 Å². The first-order chi connectivity index (χ1) is 12.8. The Morgan fingerprint density at radius 3 is 2.41 bits per heavy atom. The summed E-state index contributed by atoms with van der Waals surface area (Å²) >= 11 is 0.764. The molecule has 2 aromatic carbocycles. The number of aromatic nitrogens is 1. The number of hydrogen-bond acceptors (Lipinski definition) is 4. The summed E-state index contributed by atoms with van der Waals surface area (Å²) in [5.41, 5.74) is 10.5. The van der Waals surface area contributed by atoms with Gasteiger partial charge in [0.15, 0.2) is 0 Å². The van der Waals surface area contributed by atoms with Gasteiger partial charge in [-0.25, -0.2) is 4.98 Å². The second kappa shape index (κ2) is 5.95. The molecule has 0 saturated heterocycles. The van der Waals surface area contributed by atoms with Crippen LogP contribution in [-0.2, 0) is 6.18 Å². The van der Waals surface area contributed by atoms with Gasteiger partial charge in [0, 0.05) is 10.9 Å². The molecule has 0 saturated carbocycles. The molecular weight excluding hydrogens is 375 g/mol. The molecule has 0 fully saturated rings. The van der Waals surface area contributed by atoms with E-state index in [4.69, 9.17) is 11.5 Å². The lowest BCUT2D eigenvalue weighted by molar-refractivity contribution is -0.136. The van der Waals surface area contributed by atoms with Crippen LogP contribution in [0.15, 0.2) is 48.5 Å². The van der Waals surface area contributed by atoms with Crippen LogP contribution in [-0.4, -0.2) is 10.9 Å². The Hall–Kier alpha value is -3.13. The molecule has 0 bridgehead atoms. The molecule has 136 valence electrons. The molecule has 0 aliphatic heterocycles. The molecule has 27 heavy (non-hydrogen) atoms. The molecule has 0 aliphatic carbocycles. The number of pyridine rings is 1. The van der Waals surface area contributed by atoms with E-state index in [0.29, 0.717) is 5.56 Å². The number of anilines is 1. The number of primary amides is 1. The number of nitrogens with two attached hydrogens (primary N) is 2. The van der Waals surface area contributed by atoms with E-state index in [-0.39, 0.29) is 26.5 Å². The third-order valence-electron chi connectivity index (χ3n) is 4.27. The van der Waals surface area contributed by atoms with Crippen molar-refractivity contribution in [3.8, 4) is 11.3 Å². The van der Waals surface area contributed by atoms with Crippen molar-refractivity contribution in [1.82, 2.24) is 4.98 Å². The van der Waals surface area contributed by atoms with Crippen LogP contribution in [0.4, 0.5) is 18.9 Å². The van der Waals surface area contributed by atoms with Crippen LogP contribution in [0.3, 0.4) is 0 Å². The molecule has 0 radical (unpaired) electrons.